The van der Waals surface area contributed by atoms with E-state index < -0.39 is 16.1 Å². The van der Waals surface area contributed by atoms with Gasteiger partial charge in [0, 0.05) is 9.52 Å². The van der Waals surface area contributed by atoms with Crippen molar-refractivity contribution in [2.75, 3.05) is 0 Å². The summed E-state index contributed by atoms with van der Waals surface area (Å²) in [6.07, 6.45) is 0. The summed E-state index contributed by atoms with van der Waals surface area (Å²) in [5.74, 6) is 0. The van der Waals surface area contributed by atoms with Crippen LogP contribution >= 0.6 is 0 Å². The largest absolute Gasteiger partial charge is 2.00 e. The zero-order valence-electron chi connectivity index (χ0n) is 22.5. The van der Waals surface area contributed by atoms with Crippen molar-refractivity contribution in [1.29, 1.82) is 0 Å². The van der Waals surface area contributed by atoms with Crippen molar-refractivity contribution in [2.45, 2.75) is 105 Å². The minimum atomic E-state index is -1.09. The quantitative estimate of drug-likeness (QED) is 0.286. The van der Waals surface area contributed by atoms with Crippen LogP contribution in [0.15, 0.2) is 36.4 Å². The second kappa shape index (κ2) is 12.5. The van der Waals surface area contributed by atoms with E-state index in [0.717, 1.165) is 9.52 Å². The summed E-state index contributed by atoms with van der Waals surface area (Å²) in [6, 6.07) is 14.0. The molecule has 0 aliphatic heterocycles. The molecule has 169 valence electrons. The standard InChI is InChI=1S/2C12H21Si.C2H7Si.Zr/c2*1-12(2,3)10-7-8-11(9-10)13(4,5)6;1-3-2;/h2*7-9H,1-6H3;3H,1-2H3;/q2*-1;;+2. The Kier molecular flexibility index (Phi) is 13.5. The Morgan fingerprint density at radius 3 is 0.967 bits per heavy atom. The molecular weight excluding hydrogens is 488 g/mol. The summed E-state index contributed by atoms with van der Waals surface area (Å²) in [7, 11) is -1.43. The molecule has 2 aromatic carbocycles. The zero-order chi connectivity index (χ0) is 23.3. The van der Waals surface area contributed by atoms with Crippen LogP contribution < -0.4 is 10.4 Å². The maximum absolute atomic E-state index is 2.40. The maximum Gasteiger partial charge on any atom is 2.00 e. The minimum Gasteiger partial charge on any atom is -0.211 e. The summed E-state index contributed by atoms with van der Waals surface area (Å²) in [6.45, 7) is 32.4. The Morgan fingerprint density at radius 1 is 0.633 bits per heavy atom. The SMILES string of the molecule is CC(C)(C)c1c[cH-]c([Si](C)(C)C)c1.CC(C)(C)c1c[cH-]c([Si](C)(C)C)c1.C[SiH]C.[Zr+2]. The first kappa shape index (κ1) is 32.4. The van der Waals surface area contributed by atoms with Crippen LogP contribution in [0.5, 0.6) is 0 Å². The first-order chi connectivity index (χ1) is 12.8. The van der Waals surface area contributed by atoms with Crippen LogP contribution in [0, 0.1) is 0 Å². The minimum absolute atomic E-state index is 0. The first-order valence-corrected chi connectivity index (χ1v) is 20.4. The van der Waals surface area contributed by atoms with Gasteiger partial charge in [-0.3, -0.25) is 0 Å². The molecule has 0 heterocycles. The van der Waals surface area contributed by atoms with Crippen molar-refractivity contribution in [3.05, 3.63) is 47.5 Å². The Bertz CT molecular complexity index is 592. The predicted molar refractivity (Wildman–Crippen MR) is 146 cm³/mol. The van der Waals surface area contributed by atoms with Gasteiger partial charge in [0.2, 0.25) is 0 Å². The zero-order valence-corrected chi connectivity index (χ0v) is 28.2. The molecule has 0 fully saturated rings. The van der Waals surface area contributed by atoms with E-state index in [1.165, 1.54) is 11.1 Å². The third kappa shape index (κ3) is 11.7. The maximum atomic E-state index is 2.40. The average Bonchev–Trinajstić information content (AvgIpc) is 3.16. The van der Waals surface area contributed by atoms with Crippen LogP contribution in [0.3, 0.4) is 0 Å². The molecule has 0 saturated heterocycles. The molecule has 0 saturated carbocycles. The van der Waals surface area contributed by atoms with E-state index in [2.05, 4.69) is 130 Å². The molecule has 0 aliphatic rings. The van der Waals surface area contributed by atoms with Gasteiger partial charge in [0.05, 0.1) is 16.1 Å². The molecule has 0 aliphatic carbocycles. The molecule has 0 nitrogen and oxygen atoms in total. The normalized spacial score (nSPS) is 12.2. The average molecular weight is 537 g/mol. The molecule has 0 spiro atoms. The van der Waals surface area contributed by atoms with E-state index in [0.29, 0.717) is 10.8 Å². The second-order valence-electron chi connectivity index (χ2n) is 12.4. The van der Waals surface area contributed by atoms with Gasteiger partial charge in [-0.05, 0) is 0 Å². The van der Waals surface area contributed by atoms with E-state index in [1.807, 2.05) is 0 Å². The van der Waals surface area contributed by atoms with Gasteiger partial charge in [0.1, 0.15) is 0 Å². The van der Waals surface area contributed by atoms with E-state index in [-0.39, 0.29) is 26.2 Å². The van der Waals surface area contributed by atoms with E-state index >= 15 is 0 Å². The van der Waals surface area contributed by atoms with Gasteiger partial charge in [-0.25, -0.2) is 12.1 Å². The van der Waals surface area contributed by atoms with Crippen LogP contribution in [0.25, 0.3) is 0 Å². The third-order valence-electron chi connectivity index (χ3n) is 4.97. The van der Waals surface area contributed by atoms with Crippen LogP contribution in [-0.2, 0) is 37.0 Å². The number of hydrogen-bond donors (Lipinski definition) is 0. The Labute approximate surface area is 213 Å². The fourth-order valence-corrected chi connectivity index (χ4v) is 5.10. The molecular formula is C26H49Si3Zr. The van der Waals surface area contributed by atoms with Crippen molar-refractivity contribution in [1.82, 2.24) is 0 Å². The molecule has 0 amide bonds. The second-order valence-corrected chi connectivity index (χ2v) is 23.7. The van der Waals surface area contributed by atoms with Crippen molar-refractivity contribution < 1.29 is 26.2 Å². The smallest absolute Gasteiger partial charge is 0.211 e. The fraction of sp³-hybridized carbons (Fsp3) is 0.615. The van der Waals surface area contributed by atoms with Crippen molar-refractivity contribution in [3.63, 3.8) is 0 Å². The molecule has 30 heavy (non-hydrogen) atoms. The van der Waals surface area contributed by atoms with E-state index in [4.69, 9.17) is 0 Å². The van der Waals surface area contributed by atoms with Crippen molar-refractivity contribution >= 4 is 36.0 Å². The van der Waals surface area contributed by atoms with Gasteiger partial charge in [-0.2, -0.15) is 45.8 Å². The van der Waals surface area contributed by atoms with E-state index in [9.17, 15) is 0 Å². The van der Waals surface area contributed by atoms with Crippen molar-refractivity contribution in [2.24, 2.45) is 0 Å². The third-order valence-corrected chi connectivity index (χ3v) is 9.06. The fourth-order valence-electron chi connectivity index (χ4n) is 2.75. The molecule has 0 bridgehead atoms. The van der Waals surface area contributed by atoms with Crippen LogP contribution in [0.1, 0.15) is 52.7 Å². The van der Waals surface area contributed by atoms with Gasteiger partial charge in [-0.15, -0.1) is 0 Å². The number of hydrogen-bond acceptors (Lipinski definition) is 0. The summed E-state index contributed by atoms with van der Waals surface area (Å²) >= 11 is 0. The Morgan fingerprint density at radius 2 is 0.867 bits per heavy atom. The van der Waals surface area contributed by atoms with Crippen LogP contribution in [-0.4, -0.2) is 25.7 Å². The van der Waals surface area contributed by atoms with Crippen LogP contribution in [0.2, 0.25) is 52.4 Å². The molecule has 4 heteroatoms. The van der Waals surface area contributed by atoms with Gasteiger partial charge in [-0.1, -0.05) is 105 Å². The summed E-state index contributed by atoms with van der Waals surface area (Å²) < 4.78 is 0. The van der Waals surface area contributed by atoms with Gasteiger partial charge >= 0.3 is 26.2 Å². The molecule has 2 aromatic rings. The topological polar surface area (TPSA) is 0 Å². The van der Waals surface area contributed by atoms with Gasteiger partial charge in [0.15, 0.2) is 0 Å². The Balaban J connectivity index is 0. The van der Waals surface area contributed by atoms with Crippen molar-refractivity contribution in [3.8, 4) is 0 Å². The summed E-state index contributed by atoms with van der Waals surface area (Å²) in [4.78, 5) is 0. The van der Waals surface area contributed by atoms with Gasteiger partial charge in [0.25, 0.3) is 0 Å². The number of rotatable bonds is 2. The first-order valence-electron chi connectivity index (χ1n) is 11.1. The molecule has 0 unspecified atom stereocenters. The molecule has 0 N–H and O–H groups in total. The molecule has 0 aromatic heterocycles. The van der Waals surface area contributed by atoms with E-state index in [1.54, 1.807) is 10.4 Å². The summed E-state index contributed by atoms with van der Waals surface area (Å²) in [5.41, 5.74) is 3.56. The predicted octanol–water partition coefficient (Wildman–Crippen LogP) is 7.01. The van der Waals surface area contributed by atoms with Crippen LogP contribution in [0.4, 0.5) is 0 Å². The molecule has 1 radical (unpaired) electrons. The van der Waals surface area contributed by atoms with Gasteiger partial charge < -0.3 is 0 Å². The monoisotopic (exact) mass is 535 g/mol. The molecule has 2 rings (SSSR count). The molecule has 0 atom stereocenters. The Hall–Kier alpha value is 0.234. The summed E-state index contributed by atoms with van der Waals surface area (Å²) in [5, 5.41) is 3.16.